The third-order valence-electron chi connectivity index (χ3n) is 5.60. The van der Waals surface area contributed by atoms with Crippen molar-refractivity contribution >= 4 is 28.8 Å². The van der Waals surface area contributed by atoms with Crippen molar-refractivity contribution in [2.75, 3.05) is 34.3 Å². The molecule has 0 unspecified atom stereocenters. The summed E-state index contributed by atoms with van der Waals surface area (Å²) in [5, 5.41) is 1.36. The van der Waals surface area contributed by atoms with Crippen LogP contribution in [0.25, 0.3) is 10.6 Å². The fourth-order valence-electron chi connectivity index (χ4n) is 3.79. The van der Waals surface area contributed by atoms with E-state index in [2.05, 4.69) is 30.9 Å². The molecule has 1 aliphatic rings. The molecule has 0 saturated heterocycles. The normalized spacial score (nSPS) is 13.8. The molecular formula is C24H36ClN3O2S. The second-order valence-electron chi connectivity index (χ2n) is 8.06. The van der Waals surface area contributed by atoms with Crippen molar-refractivity contribution in [2.45, 2.75) is 58.9 Å². The molecule has 1 amide bonds. The number of carbonyl (C=O) groups is 1. The quantitative estimate of drug-likeness (QED) is 0.492. The molecule has 1 aliphatic carbocycles. The Morgan fingerprint density at radius 3 is 2.45 bits per heavy atom. The first-order chi connectivity index (χ1) is 14.8. The number of aromatic nitrogens is 1. The number of carbonyl (C=O) groups excluding carboxylic acids is 1. The third-order valence-corrected chi connectivity index (χ3v) is 7.01. The summed E-state index contributed by atoms with van der Waals surface area (Å²) in [5.41, 5.74) is 1.55. The van der Waals surface area contributed by atoms with Crippen molar-refractivity contribution in [3.8, 4) is 16.3 Å². The molecule has 1 aromatic carbocycles. The van der Waals surface area contributed by atoms with Gasteiger partial charge in [-0.3, -0.25) is 4.79 Å². The van der Waals surface area contributed by atoms with Crippen LogP contribution in [-0.2, 0) is 0 Å². The summed E-state index contributed by atoms with van der Waals surface area (Å²) in [5.74, 6) is 0.736. The first-order valence-corrected chi connectivity index (χ1v) is 12.3. The maximum Gasteiger partial charge on any atom is 0.265 e. The summed E-state index contributed by atoms with van der Waals surface area (Å²) in [4.78, 5) is 22.1. The zero-order valence-corrected chi connectivity index (χ0v) is 21.3. The van der Waals surface area contributed by atoms with E-state index in [4.69, 9.17) is 16.3 Å². The van der Waals surface area contributed by atoms with Crippen molar-refractivity contribution in [3.05, 3.63) is 33.8 Å². The van der Waals surface area contributed by atoms with E-state index in [0.29, 0.717) is 22.2 Å². The van der Waals surface area contributed by atoms with Gasteiger partial charge >= 0.3 is 0 Å². The highest BCUT2D eigenvalue weighted by Crippen LogP contribution is 2.36. The number of nitrogens with zero attached hydrogens (tertiary/aromatic N) is 3. The van der Waals surface area contributed by atoms with E-state index >= 15 is 0 Å². The maximum absolute atomic E-state index is 12.7. The van der Waals surface area contributed by atoms with Crippen molar-refractivity contribution in [1.29, 1.82) is 0 Å². The van der Waals surface area contributed by atoms with Crippen LogP contribution in [-0.4, -0.2) is 61.0 Å². The average molecular weight is 466 g/mol. The number of amides is 1. The predicted octanol–water partition coefficient (Wildman–Crippen LogP) is 6.14. The van der Waals surface area contributed by atoms with Crippen LogP contribution in [0.2, 0.25) is 5.02 Å². The minimum atomic E-state index is 0.0385. The van der Waals surface area contributed by atoms with Crippen molar-refractivity contribution in [1.82, 2.24) is 14.8 Å². The molecule has 5 nitrogen and oxygen atoms in total. The van der Waals surface area contributed by atoms with Crippen LogP contribution in [0.1, 0.15) is 61.3 Å². The second-order valence-corrected chi connectivity index (χ2v) is 9.50. The minimum Gasteiger partial charge on any atom is -0.496 e. The van der Waals surface area contributed by atoms with Crippen LogP contribution in [0.3, 0.4) is 0 Å². The molecule has 1 aromatic heterocycles. The Hall–Kier alpha value is -1.63. The van der Waals surface area contributed by atoms with E-state index in [1.165, 1.54) is 37.0 Å². The van der Waals surface area contributed by atoms with Crippen LogP contribution in [0.15, 0.2) is 18.2 Å². The topological polar surface area (TPSA) is 45.7 Å². The van der Waals surface area contributed by atoms with Crippen LogP contribution in [0.4, 0.5) is 0 Å². The van der Waals surface area contributed by atoms with E-state index in [-0.39, 0.29) is 5.91 Å². The van der Waals surface area contributed by atoms with Gasteiger partial charge in [0.25, 0.3) is 5.91 Å². The van der Waals surface area contributed by atoms with E-state index in [0.717, 1.165) is 35.3 Å². The van der Waals surface area contributed by atoms with Gasteiger partial charge in [0.1, 0.15) is 15.6 Å². The van der Waals surface area contributed by atoms with Gasteiger partial charge in [-0.05, 0) is 65.4 Å². The number of aryl methyl sites for hydroxylation is 1. The monoisotopic (exact) mass is 465 g/mol. The number of halogens is 1. The van der Waals surface area contributed by atoms with Crippen LogP contribution in [0.5, 0.6) is 5.75 Å². The lowest BCUT2D eigenvalue weighted by Crippen LogP contribution is -2.31. The van der Waals surface area contributed by atoms with E-state index < -0.39 is 0 Å². The molecule has 0 radical (unpaired) electrons. The van der Waals surface area contributed by atoms with Gasteiger partial charge in [0.15, 0.2) is 0 Å². The Bertz CT molecular complexity index is 847. The zero-order chi connectivity index (χ0) is 23.0. The minimum absolute atomic E-state index is 0.0385. The predicted molar refractivity (Wildman–Crippen MR) is 132 cm³/mol. The first-order valence-electron chi connectivity index (χ1n) is 11.1. The molecule has 172 valence electrons. The number of hydrogen-bond donors (Lipinski definition) is 0. The average Bonchev–Trinajstić information content (AvgIpc) is 3.42. The molecule has 0 atom stereocenters. The van der Waals surface area contributed by atoms with Crippen molar-refractivity contribution in [2.24, 2.45) is 0 Å². The van der Waals surface area contributed by atoms with Gasteiger partial charge < -0.3 is 14.5 Å². The summed E-state index contributed by atoms with van der Waals surface area (Å²) in [6.07, 6.45) is 6.68. The molecule has 7 heteroatoms. The largest absolute Gasteiger partial charge is 0.496 e. The van der Waals surface area contributed by atoms with Gasteiger partial charge in [-0.1, -0.05) is 31.4 Å². The molecule has 1 heterocycles. The van der Waals surface area contributed by atoms with Crippen LogP contribution < -0.4 is 4.74 Å². The highest BCUT2D eigenvalue weighted by molar-refractivity contribution is 7.17. The summed E-state index contributed by atoms with van der Waals surface area (Å²) in [7, 11) is 5.96. The van der Waals surface area contributed by atoms with Crippen LogP contribution in [0, 0.1) is 6.92 Å². The molecular weight excluding hydrogens is 430 g/mol. The smallest absolute Gasteiger partial charge is 0.265 e. The van der Waals surface area contributed by atoms with Crippen molar-refractivity contribution < 1.29 is 9.53 Å². The lowest BCUT2D eigenvalue weighted by Gasteiger charge is -2.19. The van der Waals surface area contributed by atoms with E-state index in [1.807, 2.05) is 30.9 Å². The number of methoxy groups -OCH3 is 1. The van der Waals surface area contributed by atoms with Gasteiger partial charge in [0, 0.05) is 24.2 Å². The second kappa shape index (κ2) is 12.4. The highest BCUT2D eigenvalue weighted by Gasteiger charge is 2.22. The lowest BCUT2D eigenvalue weighted by atomic mass is 10.2. The Kier molecular flexibility index (Phi) is 10.3. The maximum atomic E-state index is 12.7. The SMILES string of the molecule is CCCN(CC)C(=O)c1sc(-c2cc(Cl)ccc2OC)nc1C.CN(C)C1CCCC1. The van der Waals surface area contributed by atoms with E-state index in [9.17, 15) is 4.79 Å². The Morgan fingerprint density at radius 1 is 1.26 bits per heavy atom. The Balaban J connectivity index is 0.000000357. The molecule has 3 rings (SSSR count). The molecule has 1 saturated carbocycles. The number of thiazole rings is 1. The molecule has 2 aromatic rings. The molecule has 0 N–H and O–H groups in total. The van der Waals surface area contributed by atoms with Crippen LogP contribution >= 0.6 is 22.9 Å². The van der Waals surface area contributed by atoms with Gasteiger partial charge in [0.2, 0.25) is 0 Å². The summed E-state index contributed by atoms with van der Waals surface area (Å²) < 4.78 is 5.38. The standard InChI is InChI=1S/C17H21ClN2O2S.C7H15N/c1-5-9-20(6-2)17(21)15-11(3)19-16(23-15)13-10-12(18)7-8-14(13)22-4;1-8(2)7-5-3-4-6-7/h7-8,10H,5-6,9H2,1-4H3;7H,3-6H2,1-2H3. The lowest BCUT2D eigenvalue weighted by molar-refractivity contribution is 0.0768. The number of rotatable bonds is 7. The molecule has 31 heavy (non-hydrogen) atoms. The van der Waals surface area contributed by atoms with Gasteiger partial charge in [0.05, 0.1) is 18.4 Å². The number of ether oxygens (including phenoxy) is 1. The fourth-order valence-corrected chi connectivity index (χ4v) is 5.02. The summed E-state index contributed by atoms with van der Waals surface area (Å²) in [6.45, 7) is 7.37. The first kappa shape index (κ1) is 25.6. The van der Waals surface area contributed by atoms with Gasteiger partial charge in [-0.25, -0.2) is 4.98 Å². The Morgan fingerprint density at radius 2 is 1.94 bits per heavy atom. The van der Waals surface area contributed by atoms with Crippen molar-refractivity contribution in [3.63, 3.8) is 0 Å². The molecule has 1 fully saturated rings. The molecule has 0 aliphatic heterocycles. The zero-order valence-electron chi connectivity index (χ0n) is 19.7. The van der Waals surface area contributed by atoms with E-state index in [1.54, 1.807) is 13.2 Å². The van der Waals surface area contributed by atoms with Gasteiger partial charge in [-0.15, -0.1) is 11.3 Å². The highest BCUT2D eigenvalue weighted by atomic mass is 35.5. The Labute approximate surface area is 196 Å². The van der Waals surface area contributed by atoms with Gasteiger partial charge in [-0.2, -0.15) is 0 Å². The number of benzene rings is 1. The summed E-state index contributed by atoms with van der Waals surface area (Å²) >= 11 is 7.48. The fraction of sp³-hybridized carbons (Fsp3) is 0.583. The summed E-state index contributed by atoms with van der Waals surface area (Å²) in [6, 6.07) is 6.30. The molecule has 0 bridgehead atoms. The molecule has 0 spiro atoms. The third kappa shape index (κ3) is 6.93. The number of hydrogen-bond acceptors (Lipinski definition) is 5.